The van der Waals surface area contributed by atoms with Gasteiger partial charge in [-0.2, -0.15) is 4.73 Å². The van der Waals surface area contributed by atoms with Crippen LogP contribution >= 0.6 is 0 Å². The van der Waals surface area contributed by atoms with Crippen molar-refractivity contribution in [1.29, 1.82) is 5.41 Å². The van der Waals surface area contributed by atoms with Gasteiger partial charge in [0.25, 0.3) is 0 Å². The Morgan fingerprint density at radius 3 is 2.60 bits per heavy atom. The first-order chi connectivity index (χ1) is 9.75. The summed E-state index contributed by atoms with van der Waals surface area (Å²) < 4.78 is 0.887. The van der Waals surface area contributed by atoms with Gasteiger partial charge in [0.15, 0.2) is 5.49 Å². The van der Waals surface area contributed by atoms with Crippen molar-refractivity contribution in [3.63, 3.8) is 0 Å². The Bertz CT molecular complexity index is 799. The third-order valence-electron chi connectivity index (χ3n) is 2.97. The molecular weight excluding hydrogens is 252 g/mol. The molecule has 3 rings (SSSR count). The second-order valence-electron chi connectivity index (χ2n) is 4.29. The van der Waals surface area contributed by atoms with Crippen LogP contribution in [-0.4, -0.2) is 21.4 Å². The predicted octanol–water partition coefficient (Wildman–Crippen LogP) is 2.08. The van der Waals surface area contributed by atoms with Gasteiger partial charge in [-0.1, -0.05) is 36.4 Å². The Balaban J connectivity index is 2.13. The van der Waals surface area contributed by atoms with Gasteiger partial charge in [-0.25, -0.2) is 0 Å². The molecule has 1 aromatic carbocycles. The quantitative estimate of drug-likeness (QED) is 0.600. The molecule has 0 bridgehead atoms. The summed E-state index contributed by atoms with van der Waals surface area (Å²) in [5.41, 5.74) is 2.96. The number of pyridine rings is 1. The molecule has 0 spiro atoms. The van der Waals surface area contributed by atoms with E-state index in [4.69, 9.17) is 5.41 Å². The highest BCUT2D eigenvalue weighted by Crippen LogP contribution is 2.17. The minimum atomic E-state index is 0.299. The van der Waals surface area contributed by atoms with Crippen LogP contribution in [0, 0.1) is 5.41 Å². The summed E-state index contributed by atoms with van der Waals surface area (Å²) in [6, 6.07) is 12.8. The van der Waals surface area contributed by atoms with Crippen LogP contribution in [-0.2, 0) is 0 Å². The lowest BCUT2D eigenvalue weighted by molar-refractivity contribution is 0.171. The van der Waals surface area contributed by atoms with E-state index < -0.39 is 0 Å². The first kappa shape index (κ1) is 12.1. The zero-order valence-electron chi connectivity index (χ0n) is 10.6. The molecule has 0 amide bonds. The molecule has 2 N–H and O–H groups in total. The molecule has 98 valence electrons. The molecule has 1 aliphatic rings. The third-order valence-corrected chi connectivity index (χ3v) is 2.97. The molecule has 0 radical (unpaired) electrons. The van der Waals surface area contributed by atoms with Crippen LogP contribution in [0.4, 0.5) is 0 Å². The molecule has 0 saturated heterocycles. The zero-order chi connectivity index (χ0) is 13.9. The number of benzene rings is 1. The van der Waals surface area contributed by atoms with Gasteiger partial charge in [0, 0.05) is 11.8 Å². The molecule has 0 aliphatic heterocycles. The number of fused-ring (bicyclic) bond motifs is 1. The average molecular weight is 264 g/mol. The fraction of sp³-hybridized carbons (Fsp3) is 0. The summed E-state index contributed by atoms with van der Waals surface area (Å²) in [7, 11) is 0. The minimum absolute atomic E-state index is 0.299. The Morgan fingerprint density at radius 1 is 0.950 bits per heavy atom. The van der Waals surface area contributed by atoms with E-state index in [1.54, 1.807) is 24.3 Å². The first-order valence-electron chi connectivity index (χ1n) is 6.11. The van der Waals surface area contributed by atoms with E-state index >= 15 is 0 Å². The fourth-order valence-corrected chi connectivity index (χ4v) is 1.97. The van der Waals surface area contributed by atoms with Crippen LogP contribution in [0.1, 0.15) is 11.1 Å². The second-order valence-corrected chi connectivity index (χ2v) is 4.29. The molecule has 0 fully saturated rings. The summed E-state index contributed by atoms with van der Waals surface area (Å²) in [6.45, 7) is 0. The van der Waals surface area contributed by atoms with Crippen LogP contribution < -0.4 is 5.49 Å². The Morgan fingerprint density at radius 2 is 1.75 bits per heavy atom. The molecule has 0 saturated carbocycles. The van der Waals surface area contributed by atoms with Crippen molar-refractivity contribution >= 4 is 17.5 Å². The number of allylic oxidation sites excluding steroid dienone is 1. The number of hydrogen-bond donors (Lipinski definition) is 2. The van der Waals surface area contributed by atoms with Crippen molar-refractivity contribution < 1.29 is 5.21 Å². The molecule has 1 aliphatic carbocycles. The van der Waals surface area contributed by atoms with Crippen LogP contribution in [0.2, 0.25) is 0 Å². The van der Waals surface area contributed by atoms with Gasteiger partial charge < -0.3 is 5.21 Å². The van der Waals surface area contributed by atoms with E-state index in [2.05, 4.69) is 10.2 Å². The number of nitrogens with zero attached hydrogens (tertiary/aromatic N) is 3. The van der Waals surface area contributed by atoms with Gasteiger partial charge in [-0.05, 0) is 23.8 Å². The molecule has 2 aromatic rings. The Hall–Kier alpha value is -2.95. The van der Waals surface area contributed by atoms with Crippen molar-refractivity contribution in [2.45, 2.75) is 0 Å². The monoisotopic (exact) mass is 264 g/mol. The normalized spacial score (nSPS) is 16.5. The van der Waals surface area contributed by atoms with Gasteiger partial charge in [-0.3, -0.25) is 5.41 Å². The summed E-state index contributed by atoms with van der Waals surface area (Å²) in [4.78, 5) is 0. The molecule has 5 heteroatoms. The summed E-state index contributed by atoms with van der Waals surface area (Å²) in [5.74, 6) is 0. The standard InChI is InChI=1S/C15H12N4O/c16-13-9-8-11-5-1-2-6-12(11)15(13)18-17-14-7-3-4-10-19(14)20/h1-10,16,20H/b16-13?,17-14+,18-15?. The van der Waals surface area contributed by atoms with E-state index in [-0.39, 0.29) is 0 Å². The largest absolute Gasteiger partial charge is 0.427 e. The molecule has 20 heavy (non-hydrogen) atoms. The lowest BCUT2D eigenvalue weighted by Crippen LogP contribution is -2.19. The molecular formula is C15H12N4O. The summed E-state index contributed by atoms with van der Waals surface area (Å²) in [6.07, 6.45) is 5.04. The van der Waals surface area contributed by atoms with Gasteiger partial charge in [-0.15, -0.1) is 10.2 Å². The highest BCUT2D eigenvalue weighted by molar-refractivity contribution is 6.53. The van der Waals surface area contributed by atoms with Gasteiger partial charge >= 0.3 is 0 Å². The van der Waals surface area contributed by atoms with Crippen LogP contribution in [0.5, 0.6) is 0 Å². The Labute approximate surface area is 115 Å². The number of nitrogens with one attached hydrogen (secondary N) is 1. The van der Waals surface area contributed by atoms with Crippen LogP contribution in [0.15, 0.2) is 64.9 Å². The third kappa shape index (κ3) is 2.16. The molecule has 5 nitrogen and oxygen atoms in total. The lowest BCUT2D eigenvalue weighted by atomic mass is 9.94. The van der Waals surface area contributed by atoms with E-state index in [1.165, 1.54) is 6.20 Å². The maximum Gasteiger partial charge on any atom is 0.189 e. The molecule has 1 aromatic heterocycles. The maximum atomic E-state index is 9.59. The molecule has 1 heterocycles. The van der Waals surface area contributed by atoms with Crippen molar-refractivity contribution in [3.05, 3.63) is 71.4 Å². The van der Waals surface area contributed by atoms with Crippen molar-refractivity contribution in [3.8, 4) is 0 Å². The lowest BCUT2D eigenvalue weighted by Gasteiger charge is -2.12. The average Bonchev–Trinajstić information content (AvgIpc) is 2.48. The van der Waals surface area contributed by atoms with Gasteiger partial charge in [0.1, 0.15) is 5.71 Å². The number of aromatic nitrogens is 1. The fourth-order valence-electron chi connectivity index (χ4n) is 1.97. The SMILES string of the molecule is N=C1C=Cc2ccccc2C1=N/N=c1\ccccn1O. The van der Waals surface area contributed by atoms with Crippen molar-refractivity contribution in [1.82, 2.24) is 4.73 Å². The highest BCUT2D eigenvalue weighted by Gasteiger charge is 2.15. The van der Waals surface area contributed by atoms with E-state index in [9.17, 15) is 5.21 Å². The van der Waals surface area contributed by atoms with Crippen molar-refractivity contribution in [2.24, 2.45) is 10.2 Å². The van der Waals surface area contributed by atoms with E-state index in [1.807, 2.05) is 30.3 Å². The van der Waals surface area contributed by atoms with Crippen LogP contribution in [0.25, 0.3) is 6.08 Å². The molecule has 0 unspecified atom stereocenters. The topological polar surface area (TPSA) is 73.7 Å². The summed E-state index contributed by atoms with van der Waals surface area (Å²) in [5, 5.41) is 25.7. The van der Waals surface area contributed by atoms with Crippen LogP contribution in [0.3, 0.4) is 0 Å². The summed E-state index contributed by atoms with van der Waals surface area (Å²) >= 11 is 0. The number of rotatable bonds is 1. The van der Waals surface area contributed by atoms with Gasteiger partial charge in [0.05, 0.1) is 5.71 Å². The highest BCUT2D eigenvalue weighted by atomic mass is 16.5. The van der Waals surface area contributed by atoms with Gasteiger partial charge in [0.2, 0.25) is 0 Å². The van der Waals surface area contributed by atoms with E-state index in [0.29, 0.717) is 16.9 Å². The second kappa shape index (κ2) is 4.97. The maximum absolute atomic E-state index is 9.59. The number of hydrogen-bond acceptors (Lipinski definition) is 4. The van der Waals surface area contributed by atoms with Crippen molar-refractivity contribution in [2.75, 3.05) is 0 Å². The zero-order valence-corrected chi connectivity index (χ0v) is 10.6. The minimum Gasteiger partial charge on any atom is -0.427 e. The van der Waals surface area contributed by atoms with E-state index in [0.717, 1.165) is 15.9 Å². The smallest absolute Gasteiger partial charge is 0.189 e. The first-order valence-corrected chi connectivity index (χ1v) is 6.11. The predicted molar refractivity (Wildman–Crippen MR) is 76.9 cm³/mol. The molecule has 0 atom stereocenters. The Kier molecular flexibility index (Phi) is 3.01.